The van der Waals surface area contributed by atoms with E-state index in [1.54, 1.807) is 4.68 Å². The van der Waals surface area contributed by atoms with Crippen molar-refractivity contribution in [3.63, 3.8) is 0 Å². The summed E-state index contributed by atoms with van der Waals surface area (Å²) in [5, 5.41) is 7.49. The second-order valence-electron chi connectivity index (χ2n) is 6.10. The van der Waals surface area contributed by atoms with Crippen LogP contribution in [0.2, 0.25) is 0 Å². The first-order valence-corrected chi connectivity index (χ1v) is 6.72. The predicted molar refractivity (Wildman–Crippen MR) is 81.3 cm³/mol. The molecule has 0 saturated carbocycles. The Hall–Kier alpha value is -2.10. The lowest BCUT2D eigenvalue weighted by Gasteiger charge is -2.14. The van der Waals surface area contributed by atoms with Crippen molar-refractivity contribution in [2.45, 2.75) is 40.0 Å². The Labute approximate surface area is 119 Å². The largest absolute Gasteiger partial charge is 0.311 e. The van der Waals surface area contributed by atoms with Crippen LogP contribution in [0.4, 0.5) is 5.82 Å². The Morgan fingerprint density at radius 3 is 2.50 bits per heavy atom. The standard InChI is InChI=1S/C16H21N3O/c1-11-7-6-8-13(9-11)19-15(17-12(2)20)10-14(18-19)16(3,4)5/h6-10H,1-5H3,(H,17,20). The predicted octanol–water partition coefficient (Wildman–Crippen LogP) is 3.44. The van der Waals surface area contributed by atoms with Gasteiger partial charge in [0.2, 0.25) is 5.91 Å². The lowest BCUT2D eigenvalue weighted by atomic mass is 9.92. The highest BCUT2D eigenvalue weighted by Gasteiger charge is 2.20. The zero-order valence-electron chi connectivity index (χ0n) is 12.7. The van der Waals surface area contributed by atoms with Crippen molar-refractivity contribution in [3.05, 3.63) is 41.6 Å². The lowest BCUT2D eigenvalue weighted by Crippen LogP contribution is -2.13. The van der Waals surface area contributed by atoms with Crippen molar-refractivity contribution in [2.24, 2.45) is 0 Å². The summed E-state index contributed by atoms with van der Waals surface area (Å²) in [5.74, 6) is 0.604. The summed E-state index contributed by atoms with van der Waals surface area (Å²) in [6, 6.07) is 9.99. The Morgan fingerprint density at radius 2 is 1.95 bits per heavy atom. The molecule has 2 aromatic rings. The normalized spacial score (nSPS) is 11.4. The van der Waals surface area contributed by atoms with E-state index in [-0.39, 0.29) is 11.3 Å². The van der Waals surface area contributed by atoms with Crippen LogP contribution in [0.3, 0.4) is 0 Å². The molecule has 1 aromatic heterocycles. The number of benzene rings is 1. The molecular weight excluding hydrogens is 250 g/mol. The summed E-state index contributed by atoms with van der Waals surface area (Å²) in [5.41, 5.74) is 2.98. The van der Waals surface area contributed by atoms with Gasteiger partial charge in [-0.1, -0.05) is 32.9 Å². The summed E-state index contributed by atoms with van der Waals surface area (Å²) < 4.78 is 1.79. The molecule has 0 radical (unpaired) electrons. The number of aryl methyl sites for hydroxylation is 1. The molecule has 1 heterocycles. The molecule has 0 atom stereocenters. The minimum absolute atomic E-state index is 0.0672. The quantitative estimate of drug-likeness (QED) is 0.909. The smallest absolute Gasteiger partial charge is 0.222 e. The molecule has 4 nitrogen and oxygen atoms in total. The van der Waals surface area contributed by atoms with E-state index in [1.807, 2.05) is 37.3 Å². The zero-order chi connectivity index (χ0) is 14.9. The molecule has 0 aliphatic heterocycles. The van der Waals surface area contributed by atoms with E-state index >= 15 is 0 Å². The molecule has 20 heavy (non-hydrogen) atoms. The molecule has 1 aromatic carbocycles. The highest BCUT2D eigenvalue weighted by molar-refractivity contribution is 5.88. The van der Waals surface area contributed by atoms with E-state index in [9.17, 15) is 4.79 Å². The fourth-order valence-corrected chi connectivity index (χ4v) is 1.97. The van der Waals surface area contributed by atoms with Gasteiger partial charge in [0.05, 0.1) is 11.4 Å². The van der Waals surface area contributed by atoms with Gasteiger partial charge in [-0.25, -0.2) is 4.68 Å². The van der Waals surface area contributed by atoms with Crippen LogP contribution in [0.5, 0.6) is 0 Å². The first-order valence-electron chi connectivity index (χ1n) is 6.72. The number of carbonyl (C=O) groups excluding carboxylic acids is 1. The maximum atomic E-state index is 11.4. The average molecular weight is 271 g/mol. The van der Waals surface area contributed by atoms with Gasteiger partial charge in [0.15, 0.2) is 0 Å². The summed E-state index contributed by atoms with van der Waals surface area (Å²) >= 11 is 0. The third-order valence-electron chi connectivity index (χ3n) is 3.03. The topological polar surface area (TPSA) is 46.9 Å². The third-order valence-corrected chi connectivity index (χ3v) is 3.03. The molecule has 106 valence electrons. The zero-order valence-corrected chi connectivity index (χ0v) is 12.7. The van der Waals surface area contributed by atoms with Crippen LogP contribution in [-0.4, -0.2) is 15.7 Å². The van der Waals surface area contributed by atoms with Gasteiger partial charge in [-0.2, -0.15) is 5.10 Å². The summed E-state index contributed by atoms with van der Waals surface area (Å²) in [6.45, 7) is 9.86. The van der Waals surface area contributed by atoms with Crippen LogP contribution in [-0.2, 0) is 10.2 Å². The van der Waals surface area contributed by atoms with Crippen LogP contribution in [0.1, 0.15) is 39.0 Å². The van der Waals surface area contributed by atoms with Crippen molar-refractivity contribution in [1.29, 1.82) is 0 Å². The number of rotatable bonds is 2. The van der Waals surface area contributed by atoms with Gasteiger partial charge in [0, 0.05) is 18.4 Å². The summed E-state index contributed by atoms with van der Waals surface area (Å²) in [4.78, 5) is 11.4. The second kappa shape index (κ2) is 5.12. The third kappa shape index (κ3) is 3.07. The Bertz CT molecular complexity index is 635. The molecule has 4 heteroatoms. The van der Waals surface area contributed by atoms with Gasteiger partial charge in [-0.15, -0.1) is 0 Å². The van der Waals surface area contributed by atoms with Crippen LogP contribution in [0, 0.1) is 6.92 Å². The Balaban J connectivity index is 2.55. The number of hydrogen-bond acceptors (Lipinski definition) is 2. The SMILES string of the molecule is CC(=O)Nc1cc(C(C)(C)C)nn1-c1cccc(C)c1. The molecule has 0 unspecified atom stereocenters. The molecule has 0 saturated heterocycles. The lowest BCUT2D eigenvalue weighted by molar-refractivity contribution is -0.114. The average Bonchev–Trinajstić information content (AvgIpc) is 2.71. The van der Waals surface area contributed by atoms with Gasteiger partial charge in [0.25, 0.3) is 0 Å². The molecule has 0 fully saturated rings. The van der Waals surface area contributed by atoms with Crippen molar-refractivity contribution in [2.75, 3.05) is 5.32 Å². The fourth-order valence-electron chi connectivity index (χ4n) is 1.97. The maximum absolute atomic E-state index is 11.4. The minimum Gasteiger partial charge on any atom is -0.311 e. The molecule has 0 spiro atoms. The molecule has 2 rings (SSSR count). The number of carbonyl (C=O) groups is 1. The van der Waals surface area contributed by atoms with Crippen molar-refractivity contribution >= 4 is 11.7 Å². The van der Waals surface area contributed by atoms with Crippen LogP contribution < -0.4 is 5.32 Å². The van der Waals surface area contributed by atoms with Crippen LogP contribution in [0.15, 0.2) is 30.3 Å². The Morgan fingerprint density at radius 1 is 1.25 bits per heavy atom. The minimum atomic E-state index is -0.0979. The number of hydrogen-bond donors (Lipinski definition) is 1. The first-order chi connectivity index (χ1) is 9.27. The molecular formula is C16H21N3O. The van der Waals surface area contributed by atoms with Crippen molar-refractivity contribution < 1.29 is 4.79 Å². The maximum Gasteiger partial charge on any atom is 0.222 e. The van der Waals surface area contributed by atoms with Crippen molar-refractivity contribution in [1.82, 2.24) is 9.78 Å². The first kappa shape index (κ1) is 14.3. The van der Waals surface area contributed by atoms with Gasteiger partial charge < -0.3 is 5.32 Å². The van der Waals surface area contributed by atoms with E-state index in [1.165, 1.54) is 6.92 Å². The van der Waals surface area contributed by atoms with E-state index < -0.39 is 0 Å². The van der Waals surface area contributed by atoms with E-state index in [4.69, 9.17) is 0 Å². The monoisotopic (exact) mass is 271 g/mol. The highest BCUT2D eigenvalue weighted by atomic mass is 16.1. The van der Waals surface area contributed by atoms with Gasteiger partial charge in [-0.05, 0) is 24.6 Å². The van der Waals surface area contributed by atoms with Crippen LogP contribution >= 0.6 is 0 Å². The Kier molecular flexibility index (Phi) is 3.66. The molecule has 1 N–H and O–H groups in total. The van der Waals surface area contributed by atoms with Gasteiger partial charge >= 0.3 is 0 Å². The molecule has 0 bridgehead atoms. The summed E-state index contributed by atoms with van der Waals surface area (Å²) in [7, 11) is 0. The summed E-state index contributed by atoms with van der Waals surface area (Å²) in [6.07, 6.45) is 0. The molecule has 1 amide bonds. The number of amides is 1. The molecule has 0 aliphatic rings. The number of aromatic nitrogens is 2. The molecule has 0 aliphatic carbocycles. The van der Waals surface area contributed by atoms with Gasteiger partial charge in [-0.3, -0.25) is 4.79 Å². The number of nitrogens with zero attached hydrogens (tertiary/aromatic N) is 2. The van der Waals surface area contributed by atoms with E-state index in [0.717, 1.165) is 16.9 Å². The fraction of sp³-hybridized carbons (Fsp3) is 0.375. The van der Waals surface area contributed by atoms with E-state index in [2.05, 4.69) is 31.2 Å². The number of nitrogens with one attached hydrogen (secondary N) is 1. The van der Waals surface area contributed by atoms with E-state index in [0.29, 0.717) is 5.82 Å². The highest BCUT2D eigenvalue weighted by Crippen LogP contribution is 2.26. The second-order valence-corrected chi connectivity index (χ2v) is 6.10. The van der Waals surface area contributed by atoms with Crippen LogP contribution in [0.25, 0.3) is 5.69 Å². The number of anilines is 1. The van der Waals surface area contributed by atoms with Crippen molar-refractivity contribution in [3.8, 4) is 5.69 Å². The van der Waals surface area contributed by atoms with Gasteiger partial charge in [0.1, 0.15) is 5.82 Å².